The smallest absolute Gasteiger partial charge is 0.272 e. The van der Waals surface area contributed by atoms with E-state index in [9.17, 15) is 14.4 Å². The molecule has 2 rings (SSSR count). The van der Waals surface area contributed by atoms with Gasteiger partial charge in [0.1, 0.15) is 5.69 Å². The van der Waals surface area contributed by atoms with Gasteiger partial charge in [0.05, 0.1) is 6.54 Å². The average molecular weight is 314 g/mol. The van der Waals surface area contributed by atoms with Crippen molar-refractivity contribution in [2.45, 2.75) is 13.8 Å². The normalized spacial score (nSPS) is 10.2. The summed E-state index contributed by atoms with van der Waals surface area (Å²) in [6, 6.07) is 8.28. The molecule has 0 radical (unpaired) electrons. The van der Waals surface area contributed by atoms with E-state index in [1.165, 1.54) is 19.2 Å². The number of carbonyl (C=O) groups excluding carboxylic acids is 2. The van der Waals surface area contributed by atoms with Crippen molar-refractivity contribution in [1.29, 1.82) is 0 Å². The Bertz CT molecular complexity index is 791. The highest BCUT2D eigenvalue weighted by Crippen LogP contribution is 2.18. The lowest BCUT2D eigenvalue weighted by Crippen LogP contribution is -2.34. The van der Waals surface area contributed by atoms with Gasteiger partial charge in [-0.15, -0.1) is 0 Å². The van der Waals surface area contributed by atoms with Crippen LogP contribution in [0.25, 0.3) is 0 Å². The second-order valence-electron chi connectivity index (χ2n) is 5.18. The molecule has 1 aromatic heterocycles. The Morgan fingerprint density at radius 1 is 1.13 bits per heavy atom. The molecule has 0 aliphatic carbocycles. The summed E-state index contributed by atoms with van der Waals surface area (Å²) in [5.74, 6) is -0.849. The molecular formula is C16H18N4O3. The zero-order chi connectivity index (χ0) is 17.0. The molecule has 0 aliphatic rings. The average Bonchev–Trinajstić information content (AvgIpc) is 2.51. The Hall–Kier alpha value is -2.96. The number of para-hydroxylation sites is 1. The second kappa shape index (κ2) is 6.87. The SMILES string of the molecule is Cc1cccc(C)c1NC(=O)CNC(=O)c1ccc(=O)n(C)n1. The van der Waals surface area contributed by atoms with Crippen LogP contribution < -0.4 is 16.2 Å². The molecule has 7 nitrogen and oxygen atoms in total. The predicted octanol–water partition coefficient (Wildman–Crippen LogP) is 0.766. The molecule has 0 unspecified atom stereocenters. The number of anilines is 1. The first-order valence-corrected chi connectivity index (χ1v) is 7.07. The number of amides is 2. The lowest BCUT2D eigenvalue weighted by Gasteiger charge is -2.11. The van der Waals surface area contributed by atoms with Gasteiger partial charge in [0, 0.05) is 18.8 Å². The standard InChI is InChI=1S/C16H18N4O3/c1-10-5-4-6-11(2)15(10)18-13(21)9-17-16(23)12-7-8-14(22)20(3)19-12/h4-8H,9H2,1-3H3,(H,17,23)(H,18,21). The highest BCUT2D eigenvalue weighted by atomic mass is 16.2. The van der Waals surface area contributed by atoms with E-state index in [2.05, 4.69) is 15.7 Å². The van der Waals surface area contributed by atoms with Crippen molar-refractivity contribution in [1.82, 2.24) is 15.1 Å². The third-order valence-electron chi connectivity index (χ3n) is 3.35. The summed E-state index contributed by atoms with van der Waals surface area (Å²) in [6.45, 7) is 3.61. The van der Waals surface area contributed by atoms with Crippen LogP contribution in [0, 0.1) is 13.8 Å². The second-order valence-corrected chi connectivity index (χ2v) is 5.18. The van der Waals surface area contributed by atoms with Crippen molar-refractivity contribution in [2.75, 3.05) is 11.9 Å². The summed E-state index contributed by atoms with van der Waals surface area (Å²) >= 11 is 0. The van der Waals surface area contributed by atoms with E-state index in [4.69, 9.17) is 0 Å². The molecule has 2 N–H and O–H groups in total. The van der Waals surface area contributed by atoms with Crippen LogP contribution in [0.15, 0.2) is 35.1 Å². The lowest BCUT2D eigenvalue weighted by atomic mass is 10.1. The van der Waals surface area contributed by atoms with Crippen LogP contribution in [-0.2, 0) is 11.8 Å². The van der Waals surface area contributed by atoms with E-state index < -0.39 is 5.91 Å². The van der Waals surface area contributed by atoms with Crippen LogP contribution in [0.1, 0.15) is 21.6 Å². The third kappa shape index (κ3) is 4.03. The first kappa shape index (κ1) is 16.4. The number of rotatable bonds is 4. The number of carbonyl (C=O) groups is 2. The van der Waals surface area contributed by atoms with E-state index in [0.29, 0.717) is 0 Å². The fourth-order valence-corrected chi connectivity index (χ4v) is 2.07. The van der Waals surface area contributed by atoms with Gasteiger partial charge >= 0.3 is 0 Å². The first-order chi connectivity index (χ1) is 10.9. The van der Waals surface area contributed by atoms with Gasteiger partial charge in [0.15, 0.2) is 0 Å². The van der Waals surface area contributed by atoms with Crippen LogP contribution in [0.4, 0.5) is 5.69 Å². The summed E-state index contributed by atoms with van der Waals surface area (Å²) in [4.78, 5) is 35.1. The van der Waals surface area contributed by atoms with Crippen molar-refractivity contribution in [3.8, 4) is 0 Å². The minimum absolute atomic E-state index is 0.0759. The molecule has 23 heavy (non-hydrogen) atoms. The number of nitrogens with zero attached hydrogens (tertiary/aromatic N) is 2. The number of benzene rings is 1. The molecule has 0 saturated carbocycles. The Kier molecular flexibility index (Phi) is 4.90. The molecule has 2 amide bonds. The van der Waals surface area contributed by atoms with E-state index in [1.807, 2.05) is 32.0 Å². The minimum Gasteiger partial charge on any atom is -0.342 e. The van der Waals surface area contributed by atoms with Crippen LogP contribution in [0.2, 0.25) is 0 Å². The molecule has 0 atom stereocenters. The van der Waals surface area contributed by atoms with Crippen LogP contribution in [0.3, 0.4) is 0 Å². The van der Waals surface area contributed by atoms with Gasteiger partial charge in [0.2, 0.25) is 5.91 Å². The molecule has 0 bridgehead atoms. The predicted molar refractivity (Wildman–Crippen MR) is 86.4 cm³/mol. The minimum atomic E-state index is -0.516. The van der Waals surface area contributed by atoms with Gasteiger partial charge in [0.25, 0.3) is 11.5 Å². The maximum atomic E-state index is 12.0. The molecule has 0 fully saturated rings. The van der Waals surface area contributed by atoms with E-state index in [0.717, 1.165) is 21.5 Å². The largest absolute Gasteiger partial charge is 0.342 e. The number of hydrogen-bond acceptors (Lipinski definition) is 4. The van der Waals surface area contributed by atoms with E-state index in [-0.39, 0.29) is 23.7 Å². The summed E-state index contributed by atoms with van der Waals surface area (Å²) in [7, 11) is 1.45. The van der Waals surface area contributed by atoms with Crippen LogP contribution >= 0.6 is 0 Å². The highest BCUT2D eigenvalue weighted by Gasteiger charge is 2.12. The van der Waals surface area contributed by atoms with Crippen LogP contribution in [-0.4, -0.2) is 28.1 Å². The fraction of sp³-hybridized carbons (Fsp3) is 0.250. The summed E-state index contributed by atoms with van der Waals surface area (Å²) in [5, 5.41) is 9.08. The van der Waals surface area contributed by atoms with Crippen molar-refractivity contribution < 1.29 is 9.59 Å². The maximum Gasteiger partial charge on any atom is 0.272 e. The Balaban J connectivity index is 1.97. The van der Waals surface area contributed by atoms with Gasteiger partial charge in [-0.2, -0.15) is 5.10 Å². The molecule has 120 valence electrons. The topological polar surface area (TPSA) is 93.1 Å². The summed E-state index contributed by atoms with van der Waals surface area (Å²) in [5.41, 5.74) is 2.40. The Morgan fingerprint density at radius 2 is 1.78 bits per heavy atom. The van der Waals surface area contributed by atoms with Gasteiger partial charge in [-0.05, 0) is 31.0 Å². The van der Waals surface area contributed by atoms with Crippen molar-refractivity contribution in [3.05, 3.63) is 57.5 Å². The fourth-order valence-electron chi connectivity index (χ4n) is 2.07. The third-order valence-corrected chi connectivity index (χ3v) is 3.35. The van der Waals surface area contributed by atoms with Crippen molar-refractivity contribution >= 4 is 17.5 Å². The van der Waals surface area contributed by atoms with Gasteiger partial charge in [-0.3, -0.25) is 14.4 Å². The molecular weight excluding hydrogens is 296 g/mol. The molecule has 0 saturated heterocycles. The van der Waals surface area contributed by atoms with Gasteiger partial charge in [-0.1, -0.05) is 18.2 Å². The molecule has 0 aliphatic heterocycles. The molecule has 1 aromatic carbocycles. The number of hydrogen-bond donors (Lipinski definition) is 2. The maximum absolute atomic E-state index is 12.0. The number of aromatic nitrogens is 2. The molecule has 0 spiro atoms. The van der Waals surface area contributed by atoms with E-state index >= 15 is 0 Å². The summed E-state index contributed by atoms with van der Waals surface area (Å²) in [6.07, 6.45) is 0. The first-order valence-electron chi connectivity index (χ1n) is 7.07. The van der Waals surface area contributed by atoms with Crippen molar-refractivity contribution in [3.63, 3.8) is 0 Å². The van der Waals surface area contributed by atoms with Gasteiger partial charge in [-0.25, -0.2) is 4.68 Å². The highest BCUT2D eigenvalue weighted by molar-refractivity contribution is 5.98. The molecule has 2 aromatic rings. The lowest BCUT2D eigenvalue weighted by molar-refractivity contribution is -0.115. The quantitative estimate of drug-likeness (QED) is 0.871. The molecule has 7 heteroatoms. The molecule has 1 heterocycles. The van der Waals surface area contributed by atoms with Crippen molar-refractivity contribution in [2.24, 2.45) is 7.05 Å². The zero-order valence-corrected chi connectivity index (χ0v) is 13.2. The number of aryl methyl sites for hydroxylation is 3. The zero-order valence-electron chi connectivity index (χ0n) is 13.2. The summed E-state index contributed by atoms with van der Waals surface area (Å²) < 4.78 is 1.06. The monoisotopic (exact) mass is 314 g/mol. The number of nitrogens with one attached hydrogen (secondary N) is 2. The van der Waals surface area contributed by atoms with E-state index in [1.54, 1.807) is 0 Å². The Labute approximate surface area is 133 Å². The van der Waals surface area contributed by atoms with Crippen LogP contribution in [0.5, 0.6) is 0 Å². The van der Waals surface area contributed by atoms with Gasteiger partial charge < -0.3 is 10.6 Å². The Morgan fingerprint density at radius 3 is 2.39 bits per heavy atom.